The zero-order valence-electron chi connectivity index (χ0n) is 17.3. The van der Waals surface area contributed by atoms with Crippen molar-refractivity contribution in [1.29, 1.82) is 0 Å². The molecule has 0 saturated carbocycles. The number of carboxylic acid groups (broad SMARTS) is 1. The first-order valence-electron chi connectivity index (χ1n) is 9.80. The molecular weight excluding hydrogens is 406 g/mol. The van der Waals surface area contributed by atoms with Crippen LogP contribution in [0, 0.1) is 0 Å². The largest absolute Gasteiger partial charge is 0.489 e. The highest BCUT2D eigenvalue weighted by atomic mass is 32.2. The fraction of sp³-hybridized carbons (Fsp3) is 0.409. The van der Waals surface area contributed by atoms with Crippen molar-refractivity contribution in [1.82, 2.24) is 5.32 Å². The molecule has 0 bridgehead atoms. The quantitative estimate of drug-likeness (QED) is 0.656. The number of rotatable bonds is 8. The lowest BCUT2D eigenvalue weighted by molar-refractivity contribution is 0.0667. The van der Waals surface area contributed by atoms with Gasteiger partial charge in [-0.15, -0.1) is 0 Å². The highest BCUT2D eigenvalue weighted by Crippen LogP contribution is 2.41. The molecule has 0 saturated heterocycles. The minimum absolute atomic E-state index is 0.0866. The third kappa shape index (κ3) is 5.52. The Morgan fingerprint density at radius 1 is 1.23 bits per heavy atom. The third-order valence-electron chi connectivity index (χ3n) is 5.03. The Morgan fingerprint density at radius 3 is 2.57 bits per heavy atom. The zero-order valence-corrected chi connectivity index (χ0v) is 18.2. The number of carboxylic acids is 1. The predicted molar refractivity (Wildman–Crippen MR) is 114 cm³/mol. The summed E-state index contributed by atoms with van der Waals surface area (Å²) in [5, 5.41) is 12.1. The standard InChI is InChI=1S/C22H27NO6S/c1-4-30(26,27)14-23-19-12-22(2,3)29-20-10-9-17(11-18(19)20)28-13-15-5-7-16(8-6-15)21(24)25/h5-11,19,23H,4,12-14H2,1-3H3,(H,24,25). The Balaban J connectivity index is 1.76. The molecule has 2 N–H and O–H groups in total. The van der Waals surface area contributed by atoms with E-state index in [1.165, 1.54) is 12.1 Å². The lowest BCUT2D eigenvalue weighted by atomic mass is 9.90. The summed E-state index contributed by atoms with van der Waals surface area (Å²) in [6.07, 6.45) is 0.624. The average molecular weight is 434 g/mol. The van der Waals surface area contributed by atoms with E-state index < -0.39 is 21.4 Å². The fourth-order valence-corrected chi connectivity index (χ4v) is 4.00. The smallest absolute Gasteiger partial charge is 0.335 e. The molecule has 8 heteroatoms. The van der Waals surface area contributed by atoms with Crippen molar-refractivity contribution in [3.63, 3.8) is 0 Å². The maximum Gasteiger partial charge on any atom is 0.335 e. The molecule has 0 aromatic heterocycles. The Kier molecular flexibility index (Phi) is 6.38. The van der Waals surface area contributed by atoms with Gasteiger partial charge in [0.05, 0.1) is 11.4 Å². The summed E-state index contributed by atoms with van der Waals surface area (Å²) in [6.45, 7) is 5.87. The average Bonchev–Trinajstić information content (AvgIpc) is 2.70. The van der Waals surface area contributed by atoms with E-state index in [0.717, 1.165) is 11.1 Å². The van der Waals surface area contributed by atoms with Gasteiger partial charge in [-0.2, -0.15) is 0 Å². The van der Waals surface area contributed by atoms with Crippen molar-refractivity contribution in [3.05, 3.63) is 59.2 Å². The van der Waals surface area contributed by atoms with Crippen LogP contribution in [0.5, 0.6) is 11.5 Å². The van der Waals surface area contributed by atoms with Gasteiger partial charge >= 0.3 is 5.97 Å². The van der Waals surface area contributed by atoms with E-state index in [0.29, 0.717) is 17.9 Å². The number of hydrogen-bond acceptors (Lipinski definition) is 6. The van der Waals surface area contributed by atoms with Crippen LogP contribution in [0.4, 0.5) is 0 Å². The zero-order chi connectivity index (χ0) is 21.9. The first-order chi connectivity index (χ1) is 14.1. The van der Waals surface area contributed by atoms with Crippen LogP contribution in [-0.2, 0) is 16.4 Å². The molecule has 3 rings (SSSR count). The second kappa shape index (κ2) is 8.65. The highest BCUT2D eigenvalue weighted by Gasteiger charge is 2.34. The normalized spacial score (nSPS) is 17.6. The molecule has 1 atom stereocenters. The number of ether oxygens (including phenoxy) is 2. The summed E-state index contributed by atoms with van der Waals surface area (Å²) in [4.78, 5) is 11.0. The lowest BCUT2D eigenvalue weighted by Gasteiger charge is -2.38. The monoisotopic (exact) mass is 433 g/mol. The first-order valence-corrected chi connectivity index (χ1v) is 11.6. The van der Waals surface area contributed by atoms with Gasteiger partial charge in [-0.3, -0.25) is 5.32 Å². The van der Waals surface area contributed by atoms with Crippen molar-refractivity contribution in [3.8, 4) is 11.5 Å². The molecule has 0 fully saturated rings. The van der Waals surface area contributed by atoms with E-state index >= 15 is 0 Å². The van der Waals surface area contributed by atoms with E-state index in [4.69, 9.17) is 14.6 Å². The van der Waals surface area contributed by atoms with Crippen LogP contribution in [-0.4, -0.2) is 36.7 Å². The summed E-state index contributed by atoms with van der Waals surface area (Å²) < 4.78 is 35.8. The van der Waals surface area contributed by atoms with Crippen LogP contribution in [0.1, 0.15) is 54.7 Å². The molecule has 0 spiro atoms. The summed E-state index contributed by atoms with van der Waals surface area (Å²) in [5.74, 6) is 0.359. The van der Waals surface area contributed by atoms with Crippen molar-refractivity contribution < 1.29 is 27.8 Å². The number of fused-ring (bicyclic) bond motifs is 1. The van der Waals surface area contributed by atoms with Crippen LogP contribution >= 0.6 is 0 Å². The molecule has 30 heavy (non-hydrogen) atoms. The number of carbonyl (C=O) groups is 1. The number of nitrogens with one attached hydrogen (secondary N) is 1. The van der Waals surface area contributed by atoms with E-state index in [2.05, 4.69) is 5.32 Å². The predicted octanol–water partition coefficient (Wildman–Crippen LogP) is 3.55. The molecular formula is C22H27NO6S. The number of hydrogen-bond donors (Lipinski definition) is 2. The molecule has 1 heterocycles. The van der Waals surface area contributed by atoms with E-state index in [1.54, 1.807) is 19.1 Å². The summed E-state index contributed by atoms with van der Waals surface area (Å²) in [7, 11) is -3.15. The fourth-order valence-electron chi connectivity index (χ4n) is 3.34. The maximum absolute atomic E-state index is 12.0. The Bertz CT molecular complexity index is 1010. The van der Waals surface area contributed by atoms with Gasteiger partial charge in [0.1, 0.15) is 23.7 Å². The molecule has 162 valence electrons. The van der Waals surface area contributed by atoms with Gasteiger partial charge in [-0.1, -0.05) is 19.1 Å². The number of sulfone groups is 1. The van der Waals surface area contributed by atoms with Crippen molar-refractivity contribution in [2.75, 3.05) is 11.6 Å². The highest BCUT2D eigenvalue weighted by molar-refractivity contribution is 7.91. The van der Waals surface area contributed by atoms with Crippen molar-refractivity contribution in [2.24, 2.45) is 0 Å². The first kappa shape index (κ1) is 22.1. The molecule has 2 aromatic carbocycles. The molecule has 7 nitrogen and oxygen atoms in total. The Hall–Kier alpha value is -2.58. The number of benzene rings is 2. The summed E-state index contributed by atoms with van der Waals surface area (Å²) in [5.41, 5.74) is 1.51. The molecule has 2 aromatic rings. The molecule has 0 amide bonds. The van der Waals surface area contributed by atoms with E-state index in [1.807, 2.05) is 32.0 Å². The molecule has 1 aliphatic heterocycles. The SMILES string of the molecule is CCS(=O)(=O)CNC1CC(C)(C)Oc2ccc(OCc3ccc(C(=O)O)cc3)cc21. The van der Waals surface area contributed by atoms with E-state index in [-0.39, 0.29) is 29.8 Å². The maximum atomic E-state index is 12.0. The minimum atomic E-state index is -3.15. The van der Waals surface area contributed by atoms with Crippen molar-refractivity contribution >= 4 is 15.8 Å². The molecule has 1 aliphatic rings. The van der Waals surface area contributed by atoms with Gasteiger partial charge in [0.15, 0.2) is 9.84 Å². The number of aromatic carboxylic acids is 1. The van der Waals surface area contributed by atoms with Gasteiger partial charge in [0.25, 0.3) is 0 Å². The Labute approximate surface area is 176 Å². The topological polar surface area (TPSA) is 102 Å². The molecule has 0 aliphatic carbocycles. The Morgan fingerprint density at radius 2 is 1.93 bits per heavy atom. The summed E-state index contributed by atoms with van der Waals surface area (Å²) in [6, 6.07) is 11.8. The van der Waals surface area contributed by atoms with Crippen LogP contribution in [0.3, 0.4) is 0 Å². The van der Waals surface area contributed by atoms with Crippen LogP contribution in [0.25, 0.3) is 0 Å². The van der Waals surface area contributed by atoms with Gasteiger partial charge in [-0.25, -0.2) is 13.2 Å². The molecule has 1 unspecified atom stereocenters. The van der Waals surface area contributed by atoms with Gasteiger partial charge in [-0.05, 0) is 49.7 Å². The minimum Gasteiger partial charge on any atom is -0.489 e. The second-order valence-electron chi connectivity index (χ2n) is 7.99. The van der Waals surface area contributed by atoms with Crippen molar-refractivity contribution in [2.45, 2.75) is 45.4 Å². The molecule has 0 radical (unpaired) electrons. The van der Waals surface area contributed by atoms with E-state index in [9.17, 15) is 13.2 Å². The lowest BCUT2D eigenvalue weighted by Crippen LogP contribution is -2.41. The van der Waals surface area contributed by atoms with Crippen LogP contribution in [0.15, 0.2) is 42.5 Å². The van der Waals surface area contributed by atoms with Crippen LogP contribution in [0.2, 0.25) is 0 Å². The van der Waals surface area contributed by atoms with Gasteiger partial charge in [0.2, 0.25) is 0 Å². The van der Waals surface area contributed by atoms with Gasteiger partial charge < -0.3 is 14.6 Å². The third-order valence-corrected chi connectivity index (χ3v) is 6.52. The van der Waals surface area contributed by atoms with Crippen LogP contribution < -0.4 is 14.8 Å². The summed E-state index contributed by atoms with van der Waals surface area (Å²) >= 11 is 0. The van der Waals surface area contributed by atoms with Gasteiger partial charge in [0, 0.05) is 23.8 Å². The second-order valence-corrected chi connectivity index (χ2v) is 10.3.